The van der Waals surface area contributed by atoms with Gasteiger partial charge in [-0.3, -0.25) is 0 Å². The van der Waals surface area contributed by atoms with Gasteiger partial charge in [-0.15, -0.1) is 0 Å². The summed E-state index contributed by atoms with van der Waals surface area (Å²) in [5, 5.41) is 0. The van der Waals surface area contributed by atoms with Crippen LogP contribution in [0, 0.1) is 13.8 Å². The van der Waals surface area contributed by atoms with Crippen molar-refractivity contribution in [2.45, 2.75) is 25.2 Å². The van der Waals surface area contributed by atoms with Crippen molar-refractivity contribution in [3.05, 3.63) is 52.8 Å². The molecule has 160 valence electrons. The molecule has 0 aliphatic heterocycles. The number of imidazole rings is 1. The van der Waals surface area contributed by atoms with Crippen LogP contribution in [0.2, 0.25) is 0 Å². The third kappa shape index (κ3) is 4.17. The predicted molar refractivity (Wildman–Crippen MR) is 113 cm³/mol. The number of aromatic nitrogens is 2. The SMILES string of the molecule is COC(=O)c1ccc2nc(CCN(C)S(=O)(=O)c3c(C)cc(OC)cc3C)[nH]c2c1. The summed E-state index contributed by atoms with van der Waals surface area (Å²) in [7, 11) is 0.758. The minimum atomic E-state index is -3.67. The van der Waals surface area contributed by atoms with E-state index in [9.17, 15) is 13.2 Å². The van der Waals surface area contributed by atoms with E-state index in [1.807, 2.05) is 0 Å². The molecule has 30 heavy (non-hydrogen) atoms. The van der Waals surface area contributed by atoms with E-state index in [4.69, 9.17) is 9.47 Å². The van der Waals surface area contributed by atoms with E-state index in [1.165, 1.54) is 11.4 Å². The molecule has 0 amide bonds. The number of sulfonamides is 1. The largest absolute Gasteiger partial charge is 0.497 e. The molecule has 0 saturated heterocycles. The number of rotatable bonds is 7. The molecule has 0 fully saturated rings. The fraction of sp³-hybridized carbons (Fsp3) is 0.333. The summed E-state index contributed by atoms with van der Waals surface area (Å²) in [6.07, 6.45) is 0.395. The number of H-pyrrole nitrogens is 1. The zero-order valence-electron chi connectivity index (χ0n) is 17.6. The van der Waals surface area contributed by atoms with Gasteiger partial charge in [0.25, 0.3) is 0 Å². The highest BCUT2D eigenvalue weighted by Gasteiger charge is 2.25. The van der Waals surface area contributed by atoms with Crippen molar-refractivity contribution >= 4 is 27.0 Å². The van der Waals surface area contributed by atoms with Crippen LogP contribution >= 0.6 is 0 Å². The Kier molecular flexibility index (Phi) is 6.14. The van der Waals surface area contributed by atoms with Crippen LogP contribution in [0.5, 0.6) is 5.75 Å². The minimum absolute atomic E-state index is 0.247. The molecule has 0 bridgehead atoms. The normalized spacial score (nSPS) is 11.8. The molecule has 0 radical (unpaired) electrons. The van der Waals surface area contributed by atoms with Gasteiger partial charge in [-0.2, -0.15) is 0 Å². The van der Waals surface area contributed by atoms with Gasteiger partial charge in [0.05, 0.1) is 35.7 Å². The Bertz CT molecular complexity index is 1180. The molecular formula is C21H25N3O5S. The molecule has 0 saturated carbocycles. The summed E-state index contributed by atoms with van der Waals surface area (Å²) in [5.74, 6) is 0.835. The molecule has 9 heteroatoms. The minimum Gasteiger partial charge on any atom is -0.497 e. The maximum absolute atomic E-state index is 13.1. The van der Waals surface area contributed by atoms with Gasteiger partial charge < -0.3 is 14.5 Å². The lowest BCUT2D eigenvalue weighted by Gasteiger charge is -2.20. The highest BCUT2D eigenvalue weighted by atomic mass is 32.2. The van der Waals surface area contributed by atoms with Crippen LogP contribution in [0.15, 0.2) is 35.2 Å². The number of aryl methyl sites for hydroxylation is 2. The Morgan fingerprint density at radius 2 is 1.80 bits per heavy atom. The van der Waals surface area contributed by atoms with Crippen molar-refractivity contribution < 1.29 is 22.7 Å². The molecule has 0 aliphatic rings. The number of hydrogen-bond acceptors (Lipinski definition) is 6. The number of benzene rings is 2. The van der Waals surface area contributed by atoms with Crippen LogP contribution in [0.1, 0.15) is 27.3 Å². The van der Waals surface area contributed by atoms with E-state index in [-0.39, 0.29) is 11.4 Å². The summed E-state index contributed by atoms with van der Waals surface area (Å²) in [4.78, 5) is 19.6. The molecule has 0 unspecified atom stereocenters. The number of esters is 1. The molecule has 8 nitrogen and oxygen atoms in total. The third-order valence-corrected chi connectivity index (χ3v) is 7.12. The molecule has 0 atom stereocenters. The monoisotopic (exact) mass is 431 g/mol. The van der Waals surface area contributed by atoms with E-state index >= 15 is 0 Å². The lowest BCUT2D eigenvalue weighted by Crippen LogP contribution is -2.30. The summed E-state index contributed by atoms with van der Waals surface area (Å²) in [6.45, 7) is 3.76. The number of hydrogen-bond donors (Lipinski definition) is 1. The summed E-state index contributed by atoms with van der Waals surface area (Å²) in [5.41, 5.74) is 3.09. The first-order valence-electron chi connectivity index (χ1n) is 9.36. The van der Waals surface area contributed by atoms with Gasteiger partial charge in [0.2, 0.25) is 10.0 Å². The lowest BCUT2D eigenvalue weighted by molar-refractivity contribution is 0.0601. The fourth-order valence-corrected chi connectivity index (χ4v) is 4.98. The standard InChI is InChI=1S/C21H25N3O5S/c1-13-10-16(28-4)11-14(2)20(13)30(26,27)24(3)9-8-19-22-17-7-6-15(21(25)29-5)12-18(17)23-19/h6-7,10-12H,8-9H2,1-5H3,(H,22,23). The van der Waals surface area contributed by atoms with Gasteiger partial charge >= 0.3 is 5.97 Å². The van der Waals surface area contributed by atoms with Crippen molar-refractivity contribution in [3.63, 3.8) is 0 Å². The maximum Gasteiger partial charge on any atom is 0.337 e. The van der Waals surface area contributed by atoms with Crippen molar-refractivity contribution in [2.24, 2.45) is 0 Å². The highest BCUT2D eigenvalue weighted by molar-refractivity contribution is 7.89. The van der Waals surface area contributed by atoms with Crippen molar-refractivity contribution in [2.75, 3.05) is 27.8 Å². The third-order valence-electron chi connectivity index (χ3n) is 4.95. The van der Waals surface area contributed by atoms with E-state index in [2.05, 4.69) is 9.97 Å². The maximum atomic E-state index is 13.1. The van der Waals surface area contributed by atoms with E-state index < -0.39 is 16.0 Å². The van der Waals surface area contributed by atoms with Gasteiger partial charge in [-0.05, 0) is 55.3 Å². The second-order valence-corrected chi connectivity index (χ2v) is 9.06. The number of carbonyl (C=O) groups excluding carboxylic acids is 1. The molecule has 0 aliphatic carbocycles. The molecule has 1 aromatic heterocycles. The van der Waals surface area contributed by atoms with Crippen LogP contribution in [0.4, 0.5) is 0 Å². The van der Waals surface area contributed by atoms with Crippen molar-refractivity contribution in [1.29, 1.82) is 0 Å². The van der Waals surface area contributed by atoms with Gasteiger partial charge in [-0.25, -0.2) is 22.5 Å². The van der Waals surface area contributed by atoms with Crippen LogP contribution in [-0.4, -0.2) is 56.5 Å². The molecular weight excluding hydrogens is 406 g/mol. The van der Waals surface area contributed by atoms with Gasteiger partial charge in [0.15, 0.2) is 0 Å². The molecule has 3 aromatic rings. The van der Waals surface area contributed by atoms with Gasteiger partial charge in [0, 0.05) is 20.0 Å². The smallest absolute Gasteiger partial charge is 0.337 e. The van der Waals surface area contributed by atoms with E-state index in [0.29, 0.717) is 45.7 Å². The fourth-order valence-electron chi connectivity index (χ4n) is 3.40. The summed E-state index contributed by atoms with van der Waals surface area (Å²) >= 11 is 0. The first-order chi connectivity index (χ1) is 14.2. The van der Waals surface area contributed by atoms with Gasteiger partial charge in [-0.1, -0.05) is 0 Å². The van der Waals surface area contributed by atoms with Crippen LogP contribution in [0.25, 0.3) is 11.0 Å². The molecule has 3 rings (SSSR count). The Morgan fingerprint density at radius 3 is 2.40 bits per heavy atom. The molecule has 0 spiro atoms. The Morgan fingerprint density at radius 1 is 1.13 bits per heavy atom. The van der Waals surface area contributed by atoms with Crippen LogP contribution in [-0.2, 0) is 21.2 Å². The molecule has 1 N–H and O–H groups in total. The Balaban J connectivity index is 1.79. The quantitative estimate of drug-likeness (QED) is 0.577. The van der Waals surface area contributed by atoms with E-state index in [0.717, 1.165) is 0 Å². The second kappa shape index (κ2) is 8.45. The number of likely N-dealkylation sites (N-methyl/N-ethyl adjacent to an activating group) is 1. The Hall–Kier alpha value is -2.91. The van der Waals surface area contributed by atoms with Crippen molar-refractivity contribution in [1.82, 2.24) is 14.3 Å². The first kappa shape index (κ1) is 21.8. The second-order valence-electron chi connectivity index (χ2n) is 7.07. The number of fused-ring (bicyclic) bond motifs is 1. The number of nitrogens with one attached hydrogen (secondary N) is 1. The summed E-state index contributed by atoms with van der Waals surface area (Å²) < 4.78 is 37.5. The first-order valence-corrected chi connectivity index (χ1v) is 10.8. The topological polar surface area (TPSA) is 102 Å². The number of aromatic amines is 1. The number of nitrogens with zero attached hydrogens (tertiary/aromatic N) is 2. The number of ether oxygens (including phenoxy) is 2. The number of carbonyl (C=O) groups is 1. The van der Waals surface area contributed by atoms with E-state index in [1.54, 1.807) is 58.3 Å². The average Bonchev–Trinajstić information content (AvgIpc) is 3.12. The summed E-state index contributed by atoms with van der Waals surface area (Å²) in [6, 6.07) is 8.47. The molecule has 1 heterocycles. The lowest BCUT2D eigenvalue weighted by atomic mass is 10.1. The van der Waals surface area contributed by atoms with Crippen LogP contribution < -0.4 is 4.74 Å². The average molecular weight is 432 g/mol. The highest BCUT2D eigenvalue weighted by Crippen LogP contribution is 2.28. The zero-order valence-corrected chi connectivity index (χ0v) is 18.5. The number of methoxy groups -OCH3 is 2. The molecule has 2 aromatic carbocycles. The predicted octanol–water partition coefficient (Wildman–Crippen LogP) is 2.84. The van der Waals surface area contributed by atoms with Crippen LogP contribution in [0.3, 0.4) is 0 Å². The Labute approximate surface area is 175 Å². The van der Waals surface area contributed by atoms with Gasteiger partial charge in [0.1, 0.15) is 11.6 Å². The zero-order chi connectivity index (χ0) is 22.1. The van der Waals surface area contributed by atoms with Crippen molar-refractivity contribution in [3.8, 4) is 5.75 Å².